The number of fused-ring (bicyclic) bond motifs is 1. The topological polar surface area (TPSA) is 58.0 Å². The number of aliphatic hydroxyl groups is 1. The van der Waals surface area contributed by atoms with Crippen LogP contribution in [0, 0.1) is 12.8 Å². The lowest BCUT2D eigenvalue weighted by Gasteiger charge is -2.31. The third-order valence-electron chi connectivity index (χ3n) is 4.51. The highest BCUT2D eigenvalue weighted by Crippen LogP contribution is 2.41. The minimum Gasteiger partial charge on any atom is -0.394 e. The minimum absolute atomic E-state index is 0.162. The number of aromatic nitrogens is 2. The highest BCUT2D eigenvalue weighted by Gasteiger charge is 2.41. The molecule has 2 aliphatic carbocycles. The first-order valence-corrected chi connectivity index (χ1v) is 7.38. The summed E-state index contributed by atoms with van der Waals surface area (Å²) in [5.41, 5.74) is 2.25. The number of aliphatic hydroxyl groups excluding tert-OH is 1. The van der Waals surface area contributed by atoms with Crippen LogP contribution < -0.4 is 5.32 Å². The Bertz CT molecular complexity index is 485. The summed E-state index contributed by atoms with van der Waals surface area (Å²) in [6.45, 7) is 4.22. The molecule has 0 saturated heterocycles. The van der Waals surface area contributed by atoms with Crippen LogP contribution in [0.2, 0.25) is 0 Å². The highest BCUT2D eigenvalue weighted by atomic mass is 16.3. The zero-order chi connectivity index (χ0) is 13.5. The Kier molecular flexibility index (Phi) is 3.21. The molecule has 1 saturated carbocycles. The zero-order valence-corrected chi connectivity index (χ0v) is 11.9. The molecule has 0 bridgehead atoms. The maximum Gasteiger partial charge on any atom is 0.133 e. The van der Waals surface area contributed by atoms with Crippen molar-refractivity contribution in [1.82, 2.24) is 9.97 Å². The largest absolute Gasteiger partial charge is 0.394 e. The maximum absolute atomic E-state index is 9.72. The lowest BCUT2D eigenvalue weighted by atomic mass is 9.93. The van der Waals surface area contributed by atoms with Crippen molar-refractivity contribution in [3.05, 3.63) is 17.1 Å². The van der Waals surface area contributed by atoms with Gasteiger partial charge in [-0.05, 0) is 58.3 Å². The number of hydrogen-bond donors (Lipinski definition) is 2. The Morgan fingerprint density at radius 2 is 2.00 bits per heavy atom. The van der Waals surface area contributed by atoms with Crippen LogP contribution in [-0.2, 0) is 12.8 Å². The fraction of sp³-hybridized carbons (Fsp3) is 0.733. The van der Waals surface area contributed by atoms with Gasteiger partial charge in [-0.1, -0.05) is 0 Å². The highest BCUT2D eigenvalue weighted by molar-refractivity contribution is 5.50. The van der Waals surface area contributed by atoms with E-state index >= 15 is 0 Å². The van der Waals surface area contributed by atoms with Gasteiger partial charge in [-0.3, -0.25) is 0 Å². The van der Waals surface area contributed by atoms with Gasteiger partial charge in [0.2, 0.25) is 0 Å². The molecule has 1 atom stereocenters. The number of aryl methyl sites for hydroxylation is 2. The SMILES string of the molecule is Cc1nc2c(c(NC(C)(CO)C3CC3)n1)CCCC2. The summed E-state index contributed by atoms with van der Waals surface area (Å²) in [6, 6.07) is 0. The molecule has 3 rings (SSSR count). The van der Waals surface area contributed by atoms with Gasteiger partial charge in [-0.25, -0.2) is 9.97 Å². The molecule has 104 valence electrons. The van der Waals surface area contributed by atoms with Gasteiger partial charge in [0.15, 0.2) is 0 Å². The van der Waals surface area contributed by atoms with E-state index in [1.165, 1.54) is 36.9 Å². The molecule has 19 heavy (non-hydrogen) atoms. The summed E-state index contributed by atoms with van der Waals surface area (Å²) < 4.78 is 0. The van der Waals surface area contributed by atoms with Gasteiger partial charge >= 0.3 is 0 Å². The van der Waals surface area contributed by atoms with Crippen LogP contribution in [0.3, 0.4) is 0 Å². The first kappa shape index (κ1) is 12.9. The van der Waals surface area contributed by atoms with Gasteiger partial charge in [-0.15, -0.1) is 0 Å². The van der Waals surface area contributed by atoms with Crippen LogP contribution >= 0.6 is 0 Å². The number of hydrogen-bond acceptors (Lipinski definition) is 4. The molecule has 4 heteroatoms. The van der Waals surface area contributed by atoms with E-state index in [4.69, 9.17) is 0 Å². The van der Waals surface area contributed by atoms with E-state index in [-0.39, 0.29) is 12.1 Å². The first-order chi connectivity index (χ1) is 9.12. The summed E-state index contributed by atoms with van der Waals surface area (Å²) in [5.74, 6) is 2.37. The van der Waals surface area contributed by atoms with Crippen LogP contribution in [0.1, 0.15) is 49.7 Å². The molecule has 4 nitrogen and oxygen atoms in total. The molecule has 0 amide bonds. The first-order valence-electron chi connectivity index (χ1n) is 7.38. The van der Waals surface area contributed by atoms with Crippen molar-refractivity contribution < 1.29 is 5.11 Å². The molecule has 2 N–H and O–H groups in total. The summed E-state index contributed by atoms with van der Waals surface area (Å²) in [5, 5.41) is 13.3. The second-order valence-corrected chi connectivity index (χ2v) is 6.23. The molecule has 1 aromatic rings. The van der Waals surface area contributed by atoms with Crippen LogP contribution in [-0.4, -0.2) is 27.2 Å². The third-order valence-corrected chi connectivity index (χ3v) is 4.51. The van der Waals surface area contributed by atoms with Gasteiger partial charge in [0.1, 0.15) is 11.6 Å². The molecular formula is C15H23N3O. The van der Waals surface area contributed by atoms with Crippen LogP contribution in [0.25, 0.3) is 0 Å². The van der Waals surface area contributed by atoms with Crippen LogP contribution in [0.5, 0.6) is 0 Å². The van der Waals surface area contributed by atoms with Crippen molar-refractivity contribution in [2.75, 3.05) is 11.9 Å². The quantitative estimate of drug-likeness (QED) is 0.872. The van der Waals surface area contributed by atoms with Crippen molar-refractivity contribution in [2.45, 2.75) is 57.9 Å². The molecule has 0 radical (unpaired) electrons. The average molecular weight is 261 g/mol. The Labute approximate surface area is 114 Å². The van der Waals surface area contributed by atoms with E-state index in [1.54, 1.807) is 0 Å². The fourth-order valence-electron chi connectivity index (χ4n) is 3.08. The Morgan fingerprint density at radius 1 is 1.26 bits per heavy atom. The molecule has 0 aliphatic heterocycles. The minimum atomic E-state index is -0.230. The lowest BCUT2D eigenvalue weighted by Crippen LogP contribution is -2.42. The molecule has 0 spiro atoms. The molecule has 1 heterocycles. The Hall–Kier alpha value is -1.16. The van der Waals surface area contributed by atoms with Crippen LogP contribution in [0.15, 0.2) is 0 Å². The molecule has 1 fully saturated rings. The predicted molar refractivity (Wildman–Crippen MR) is 75.2 cm³/mol. The standard InChI is InChI=1S/C15H23N3O/c1-10-16-13-6-4-3-5-12(13)14(17-10)18-15(2,9-19)11-7-8-11/h11,19H,3-9H2,1-2H3,(H,16,17,18). The fourth-order valence-corrected chi connectivity index (χ4v) is 3.08. The second-order valence-electron chi connectivity index (χ2n) is 6.23. The third kappa shape index (κ3) is 2.46. The van der Waals surface area contributed by atoms with Gasteiger partial charge in [0, 0.05) is 11.3 Å². The van der Waals surface area contributed by atoms with E-state index in [0.717, 1.165) is 24.5 Å². The average Bonchev–Trinajstić information content (AvgIpc) is 3.23. The molecule has 0 aromatic carbocycles. The van der Waals surface area contributed by atoms with Gasteiger partial charge in [0.05, 0.1) is 12.1 Å². The molecular weight excluding hydrogens is 238 g/mol. The van der Waals surface area contributed by atoms with Crippen molar-refractivity contribution >= 4 is 5.82 Å². The van der Waals surface area contributed by atoms with Crippen molar-refractivity contribution in [2.24, 2.45) is 5.92 Å². The van der Waals surface area contributed by atoms with Crippen molar-refractivity contribution in [3.8, 4) is 0 Å². The molecule has 1 unspecified atom stereocenters. The molecule has 2 aliphatic rings. The number of nitrogens with one attached hydrogen (secondary N) is 1. The number of nitrogens with zero attached hydrogens (tertiary/aromatic N) is 2. The molecule has 1 aromatic heterocycles. The monoisotopic (exact) mass is 261 g/mol. The number of rotatable bonds is 4. The van der Waals surface area contributed by atoms with Crippen molar-refractivity contribution in [3.63, 3.8) is 0 Å². The normalized spacial score (nSPS) is 21.6. The van der Waals surface area contributed by atoms with E-state index in [0.29, 0.717) is 5.92 Å². The van der Waals surface area contributed by atoms with Gasteiger partial charge in [-0.2, -0.15) is 0 Å². The zero-order valence-electron chi connectivity index (χ0n) is 11.9. The Balaban J connectivity index is 1.93. The smallest absolute Gasteiger partial charge is 0.133 e. The van der Waals surface area contributed by atoms with E-state index in [2.05, 4.69) is 22.2 Å². The van der Waals surface area contributed by atoms with E-state index in [9.17, 15) is 5.11 Å². The number of anilines is 1. The predicted octanol–water partition coefficient (Wildman–Crippen LogP) is 2.24. The summed E-state index contributed by atoms with van der Waals surface area (Å²) in [7, 11) is 0. The van der Waals surface area contributed by atoms with E-state index < -0.39 is 0 Å². The maximum atomic E-state index is 9.72. The summed E-state index contributed by atoms with van der Waals surface area (Å²) >= 11 is 0. The Morgan fingerprint density at radius 3 is 2.68 bits per heavy atom. The van der Waals surface area contributed by atoms with Crippen molar-refractivity contribution in [1.29, 1.82) is 0 Å². The summed E-state index contributed by atoms with van der Waals surface area (Å²) in [4.78, 5) is 9.17. The van der Waals surface area contributed by atoms with Crippen LogP contribution in [0.4, 0.5) is 5.82 Å². The summed E-state index contributed by atoms with van der Waals surface area (Å²) in [6.07, 6.45) is 6.97. The van der Waals surface area contributed by atoms with Gasteiger partial charge in [0.25, 0.3) is 0 Å². The van der Waals surface area contributed by atoms with E-state index in [1.807, 2.05) is 6.92 Å². The second kappa shape index (κ2) is 4.75. The van der Waals surface area contributed by atoms with Gasteiger partial charge < -0.3 is 10.4 Å². The lowest BCUT2D eigenvalue weighted by molar-refractivity contribution is 0.205.